The van der Waals surface area contributed by atoms with E-state index in [2.05, 4.69) is 44.6 Å². The summed E-state index contributed by atoms with van der Waals surface area (Å²) >= 11 is 3.20. The molecule has 1 aliphatic rings. The zero-order valence-corrected chi connectivity index (χ0v) is 12.8. The minimum absolute atomic E-state index is 0.0558. The molecule has 0 bridgehead atoms. The molecule has 1 aromatic carbocycles. The zero-order chi connectivity index (χ0) is 14.7. The highest BCUT2D eigenvalue weighted by atomic mass is 79.9. The maximum Gasteiger partial charge on any atom is 0.218 e. The van der Waals surface area contributed by atoms with Gasteiger partial charge in [-0.05, 0) is 36.2 Å². The average molecular weight is 352 g/mol. The fraction of sp³-hybridized carbons (Fsp3) is 0.538. The van der Waals surface area contributed by atoms with Crippen LogP contribution in [-0.2, 0) is 0 Å². The normalized spacial score (nSPS) is 19.4. The van der Waals surface area contributed by atoms with Crippen LogP contribution in [0.1, 0.15) is 20.3 Å². The first-order chi connectivity index (χ1) is 9.55. The van der Waals surface area contributed by atoms with Crippen LogP contribution in [0.3, 0.4) is 0 Å². The number of rotatable bonds is 5. The highest BCUT2D eigenvalue weighted by Gasteiger charge is 2.27. The van der Waals surface area contributed by atoms with Crippen molar-refractivity contribution in [2.75, 3.05) is 13.1 Å². The summed E-state index contributed by atoms with van der Waals surface area (Å²) in [6.07, 6.45) is 0.789. The van der Waals surface area contributed by atoms with Crippen molar-refractivity contribution in [1.82, 2.24) is 4.90 Å². The van der Waals surface area contributed by atoms with Crippen LogP contribution < -0.4 is 14.6 Å². The molecule has 4 nitrogen and oxygen atoms in total. The van der Waals surface area contributed by atoms with Gasteiger partial charge in [-0.3, -0.25) is 14.8 Å². The van der Waals surface area contributed by atoms with Crippen molar-refractivity contribution in [3.63, 3.8) is 0 Å². The molecule has 0 radical (unpaired) electrons. The minimum atomic E-state index is -0.213. The Balaban J connectivity index is 2.13. The van der Waals surface area contributed by atoms with Gasteiger partial charge in [-0.2, -0.15) is 0 Å². The van der Waals surface area contributed by atoms with Crippen molar-refractivity contribution in [2.24, 2.45) is 0 Å². The van der Waals surface area contributed by atoms with Crippen molar-refractivity contribution in [1.29, 1.82) is 0 Å². The Bertz CT molecular complexity index is 473. The van der Waals surface area contributed by atoms with Crippen LogP contribution in [0.15, 0.2) is 16.6 Å². The Morgan fingerprint density at radius 3 is 2.60 bits per heavy atom. The van der Waals surface area contributed by atoms with Crippen molar-refractivity contribution in [3.8, 4) is 17.2 Å². The Morgan fingerprint density at radius 2 is 2.05 bits per heavy atom. The topological polar surface area (TPSA) is 30.9 Å². The third kappa shape index (κ3) is 3.32. The van der Waals surface area contributed by atoms with Crippen molar-refractivity contribution in [2.45, 2.75) is 32.4 Å². The summed E-state index contributed by atoms with van der Waals surface area (Å²) in [6, 6.07) is 2.88. The van der Waals surface area contributed by atoms with E-state index in [1.807, 2.05) is 0 Å². The lowest BCUT2D eigenvalue weighted by atomic mass is 10.2. The van der Waals surface area contributed by atoms with E-state index < -0.39 is 0 Å². The molecule has 0 saturated carbocycles. The van der Waals surface area contributed by atoms with Gasteiger partial charge in [0.2, 0.25) is 5.75 Å². The Hall–Kier alpha value is -1.08. The summed E-state index contributed by atoms with van der Waals surface area (Å²) in [5, 5.41) is 0. The monoisotopic (exact) mass is 351 g/mol. The minimum Gasteiger partial charge on any atom is -0.484 e. The second-order valence-electron chi connectivity index (χ2n) is 5.00. The smallest absolute Gasteiger partial charge is 0.218 e. The molecule has 0 spiro atoms. The van der Waals surface area contributed by atoms with Crippen LogP contribution in [-0.4, -0.2) is 30.1 Å². The van der Waals surface area contributed by atoms with E-state index in [1.54, 1.807) is 0 Å². The molecule has 1 aromatic rings. The fourth-order valence-electron chi connectivity index (χ4n) is 2.25. The molecule has 1 atom stereocenters. The van der Waals surface area contributed by atoms with Gasteiger partial charge in [0, 0.05) is 40.3 Å². The number of hydrogen-bond acceptors (Lipinski definition) is 4. The van der Waals surface area contributed by atoms with Gasteiger partial charge in [0.25, 0.3) is 0 Å². The number of halogens is 3. The summed E-state index contributed by atoms with van der Waals surface area (Å²) in [7, 11) is 0. The molecule has 1 unspecified atom stereocenters. The second-order valence-corrected chi connectivity index (χ2v) is 5.86. The molecule has 1 aliphatic heterocycles. The number of nitrogens with zero attached hydrogens (tertiary/aromatic N) is 1. The number of likely N-dealkylation sites (tertiary alicyclic amines) is 1. The first-order valence-electron chi connectivity index (χ1n) is 6.36. The molecule has 20 heavy (non-hydrogen) atoms. The van der Waals surface area contributed by atoms with Crippen molar-refractivity contribution < 1.29 is 23.7 Å². The maximum absolute atomic E-state index is 12.6. The molecule has 0 aromatic heterocycles. The standard InChI is InChI=1S/C13H16BrF2NO3/c1-8(2)17-4-3-9(7-17)18-13-11(14)5-10(19-15)6-12(13)20-16/h5-6,8-9H,3-4,7H2,1-2H3. The number of benzene rings is 1. The van der Waals surface area contributed by atoms with E-state index in [1.165, 1.54) is 6.07 Å². The first-order valence-corrected chi connectivity index (χ1v) is 7.16. The van der Waals surface area contributed by atoms with Gasteiger partial charge in [0.1, 0.15) is 6.10 Å². The number of hydrogen-bond donors (Lipinski definition) is 0. The molecule has 1 saturated heterocycles. The molecule has 0 N–H and O–H groups in total. The predicted octanol–water partition coefficient (Wildman–Crippen LogP) is 3.84. The lowest BCUT2D eigenvalue weighted by molar-refractivity contribution is -0.0187. The van der Waals surface area contributed by atoms with Crippen LogP contribution in [0.4, 0.5) is 9.05 Å². The molecule has 0 amide bonds. The molecule has 1 heterocycles. The van der Waals surface area contributed by atoms with Crippen LogP contribution >= 0.6 is 15.9 Å². The predicted molar refractivity (Wildman–Crippen MR) is 73.4 cm³/mol. The van der Waals surface area contributed by atoms with Gasteiger partial charge in [0.05, 0.1) is 4.47 Å². The third-order valence-electron chi connectivity index (χ3n) is 3.35. The lowest BCUT2D eigenvalue weighted by Gasteiger charge is -2.21. The summed E-state index contributed by atoms with van der Waals surface area (Å²) < 4.78 is 30.9. The molecule has 7 heteroatoms. The largest absolute Gasteiger partial charge is 0.484 e. The Labute approximate surface area is 124 Å². The van der Waals surface area contributed by atoms with E-state index in [0.717, 1.165) is 25.6 Å². The molecule has 2 rings (SSSR count). The summed E-state index contributed by atoms with van der Waals surface area (Å²) in [5.41, 5.74) is 0. The summed E-state index contributed by atoms with van der Waals surface area (Å²) in [5.74, 6) is -0.161. The quantitative estimate of drug-likeness (QED) is 0.806. The zero-order valence-electron chi connectivity index (χ0n) is 11.2. The second kappa shape index (κ2) is 6.58. The summed E-state index contributed by atoms with van der Waals surface area (Å²) in [6.45, 7) is 5.91. The van der Waals surface area contributed by atoms with Crippen LogP contribution in [0.25, 0.3) is 0 Å². The average Bonchev–Trinajstić information content (AvgIpc) is 2.89. The van der Waals surface area contributed by atoms with E-state index in [9.17, 15) is 9.05 Å². The Morgan fingerprint density at radius 1 is 1.30 bits per heavy atom. The highest BCUT2D eigenvalue weighted by molar-refractivity contribution is 9.10. The van der Waals surface area contributed by atoms with Gasteiger partial charge < -0.3 is 4.74 Å². The van der Waals surface area contributed by atoms with Crippen LogP contribution in [0.2, 0.25) is 0 Å². The van der Waals surface area contributed by atoms with Gasteiger partial charge in [-0.15, -0.1) is 0 Å². The van der Waals surface area contributed by atoms with Gasteiger partial charge in [-0.1, -0.05) is 0 Å². The fourth-order valence-corrected chi connectivity index (χ4v) is 2.76. The van der Waals surface area contributed by atoms with Gasteiger partial charge in [-0.25, -0.2) is 0 Å². The third-order valence-corrected chi connectivity index (χ3v) is 3.94. The number of ether oxygens (including phenoxy) is 1. The first kappa shape index (κ1) is 15.3. The van der Waals surface area contributed by atoms with Crippen molar-refractivity contribution >= 4 is 15.9 Å². The van der Waals surface area contributed by atoms with Crippen LogP contribution in [0, 0.1) is 0 Å². The summed E-state index contributed by atoms with van der Waals surface area (Å²) in [4.78, 5) is 9.58. The van der Waals surface area contributed by atoms with Gasteiger partial charge in [0.15, 0.2) is 11.5 Å². The van der Waals surface area contributed by atoms with E-state index in [-0.39, 0.29) is 23.4 Å². The molecule has 112 valence electrons. The highest BCUT2D eigenvalue weighted by Crippen LogP contribution is 2.41. The Kier molecular flexibility index (Phi) is 5.04. The molecule has 1 fully saturated rings. The van der Waals surface area contributed by atoms with Crippen LogP contribution in [0.5, 0.6) is 17.2 Å². The lowest BCUT2D eigenvalue weighted by Crippen LogP contribution is -2.30. The molecule has 0 aliphatic carbocycles. The maximum atomic E-state index is 12.6. The van der Waals surface area contributed by atoms with Gasteiger partial charge >= 0.3 is 0 Å². The molecular formula is C13H16BrF2NO3. The van der Waals surface area contributed by atoms with Crippen molar-refractivity contribution in [3.05, 3.63) is 16.6 Å². The molecular weight excluding hydrogens is 336 g/mol. The van der Waals surface area contributed by atoms with E-state index in [0.29, 0.717) is 10.5 Å². The van der Waals surface area contributed by atoms with E-state index >= 15 is 0 Å². The van der Waals surface area contributed by atoms with E-state index in [4.69, 9.17) is 4.74 Å². The SMILES string of the molecule is CC(C)N1CCC(Oc2c(Br)cc(OF)cc2OF)C1.